The zero-order chi connectivity index (χ0) is 18.6. The lowest BCUT2D eigenvalue weighted by Crippen LogP contribution is -1.97. The van der Waals surface area contributed by atoms with Crippen LogP contribution in [0.2, 0.25) is 20.4 Å². The summed E-state index contributed by atoms with van der Waals surface area (Å²) in [5, 5.41) is 1.39. The summed E-state index contributed by atoms with van der Waals surface area (Å²) in [6, 6.07) is 5.22. The molecule has 0 amide bonds. The van der Waals surface area contributed by atoms with Crippen molar-refractivity contribution in [2.24, 2.45) is 0 Å². The Hall–Kier alpha value is -1.64. The second-order valence-corrected chi connectivity index (χ2v) is 6.43. The van der Waals surface area contributed by atoms with Crippen molar-refractivity contribution in [1.82, 2.24) is 19.9 Å². The van der Waals surface area contributed by atoms with Gasteiger partial charge in [0.2, 0.25) is 0 Å². The summed E-state index contributed by atoms with van der Waals surface area (Å²) in [6.07, 6.45) is 2.89. The fourth-order valence-corrected chi connectivity index (χ4v) is 2.45. The molecule has 3 aromatic rings. The zero-order valence-electron chi connectivity index (χ0n) is 12.3. The van der Waals surface area contributed by atoms with E-state index in [1.807, 2.05) is 0 Å². The standard InChI is InChI=1S/C10H6Cl3N3.C4H4ClN3S/c11-6-3-1-2-5(8(6)13)9-10(14)16-7(12)4-15-9;5-2-1-7-4(9)3(6)8-2/h1-4H,(H2,14,16);1H,(H2,6,8)(H,7,9). The van der Waals surface area contributed by atoms with E-state index in [0.717, 1.165) is 0 Å². The van der Waals surface area contributed by atoms with Gasteiger partial charge in [-0.25, -0.2) is 15.0 Å². The molecule has 3 rings (SSSR count). The average Bonchev–Trinajstić information content (AvgIpc) is 2.55. The Morgan fingerprint density at radius 2 is 1.64 bits per heavy atom. The van der Waals surface area contributed by atoms with E-state index in [4.69, 9.17) is 70.1 Å². The lowest BCUT2D eigenvalue weighted by atomic mass is 10.1. The van der Waals surface area contributed by atoms with E-state index >= 15 is 0 Å². The number of nitrogen functional groups attached to an aromatic ring is 2. The summed E-state index contributed by atoms with van der Waals surface area (Å²) in [7, 11) is 0. The molecular formula is C14H10Cl4N6S. The Morgan fingerprint density at radius 1 is 0.960 bits per heavy atom. The normalized spacial score (nSPS) is 10.1. The first-order valence-electron chi connectivity index (χ1n) is 6.52. The number of hydrogen-bond acceptors (Lipinski definition) is 6. The topological polar surface area (TPSA) is 106 Å². The minimum atomic E-state index is 0.219. The SMILES string of the molecule is Nc1nc(Cl)c[nH]c1=S.Nc1nc(Cl)cnc1-c1cccc(Cl)c1Cl. The first kappa shape index (κ1) is 19.7. The number of nitrogens with zero attached hydrogens (tertiary/aromatic N) is 3. The minimum Gasteiger partial charge on any atom is -0.382 e. The number of nitrogens with one attached hydrogen (secondary N) is 1. The van der Waals surface area contributed by atoms with Crippen molar-refractivity contribution in [2.75, 3.05) is 11.5 Å². The van der Waals surface area contributed by atoms with E-state index in [1.165, 1.54) is 12.4 Å². The van der Waals surface area contributed by atoms with E-state index in [2.05, 4.69) is 19.9 Å². The predicted octanol–water partition coefficient (Wildman–Crippen LogP) is 5.06. The molecule has 0 radical (unpaired) electrons. The fraction of sp³-hybridized carbons (Fsp3) is 0. The lowest BCUT2D eigenvalue weighted by Gasteiger charge is -2.07. The molecule has 0 fully saturated rings. The van der Waals surface area contributed by atoms with Crippen LogP contribution in [0.5, 0.6) is 0 Å². The van der Waals surface area contributed by atoms with Gasteiger partial charge in [0, 0.05) is 11.8 Å². The van der Waals surface area contributed by atoms with Crippen molar-refractivity contribution in [2.45, 2.75) is 0 Å². The van der Waals surface area contributed by atoms with Gasteiger partial charge < -0.3 is 16.5 Å². The molecule has 0 atom stereocenters. The van der Waals surface area contributed by atoms with Crippen molar-refractivity contribution in [3.63, 3.8) is 0 Å². The lowest BCUT2D eigenvalue weighted by molar-refractivity contribution is 1.19. The molecule has 11 heteroatoms. The molecule has 0 aliphatic heterocycles. The van der Waals surface area contributed by atoms with Gasteiger partial charge >= 0.3 is 0 Å². The molecule has 0 saturated carbocycles. The molecule has 130 valence electrons. The molecule has 2 aromatic heterocycles. The van der Waals surface area contributed by atoms with Crippen LogP contribution in [0.15, 0.2) is 30.6 Å². The summed E-state index contributed by atoms with van der Waals surface area (Å²) < 4.78 is 0.416. The highest BCUT2D eigenvalue weighted by molar-refractivity contribution is 7.71. The second kappa shape index (κ2) is 8.64. The quantitative estimate of drug-likeness (QED) is 0.461. The first-order chi connectivity index (χ1) is 11.8. The maximum absolute atomic E-state index is 6.05. The van der Waals surface area contributed by atoms with Gasteiger partial charge in [-0.1, -0.05) is 70.8 Å². The van der Waals surface area contributed by atoms with Crippen LogP contribution in [0.3, 0.4) is 0 Å². The van der Waals surface area contributed by atoms with Crippen LogP contribution in [0, 0.1) is 4.64 Å². The fourth-order valence-electron chi connectivity index (χ4n) is 1.67. The van der Waals surface area contributed by atoms with Gasteiger partial charge in [-0.2, -0.15) is 0 Å². The highest BCUT2D eigenvalue weighted by Crippen LogP contribution is 2.34. The van der Waals surface area contributed by atoms with Crippen molar-refractivity contribution >= 4 is 70.3 Å². The minimum absolute atomic E-state index is 0.219. The number of aromatic nitrogens is 4. The van der Waals surface area contributed by atoms with Crippen molar-refractivity contribution in [3.05, 3.63) is 55.6 Å². The van der Waals surface area contributed by atoms with Crippen LogP contribution < -0.4 is 11.5 Å². The molecule has 5 N–H and O–H groups in total. The molecule has 0 aliphatic rings. The number of halogens is 4. The summed E-state index contributed by atoms with van der Waals surface area (Å²) >= 11 is 27.8. The number of nitrogens with two attached hydrogens (primary N) is 2. The van der Waals surface area contributed by atoms with Gasteiger partial charge in [0.25, 0.3) is 0 Å². The van der Waals surface area contributed by atoms with Crippen molar-refractivity contribution in [1.29, 1.82) is 0 Å². The summed E-state index contributed by atoms with van der Waals surface area (Å²) in [5.74, 6) is 0.481. The maximum Gasteiger partial charge on any atom is 0.160 e. The van der Waals surface area contributed by atoms with Crippen LogP contribution in [0.4, 0.5) is 11.6 Å². The Labute approximate surface area is 168 Å². The van der Waals surface area contributed by atoms with E-state index < -0.39 is 0 Å². The Bertz CT molecular complexity index is 962. The smallest absolute Gasteiger partial charge is 0.160 e. The van der Waals surface area contributed by atoms with Crippen LogP contribution >= 0.6 is 58.6 Å². The third-order valence-corrected chi connectivity index (χ3v) is 4.28. The molecule has 0 spiro atoms. The third-order valence-electron chi connectivity index (χ3n) is 2.76. The molecule has 0 aliphatic carbocycles. The molecular weight excluding hydrogens is 426 g/mol. The maximum atomic E-state index is 6.05. The first-order valence-corrected chi connectivity index (χ1v) is 8.44. The van der Waals surface area contributed by atoms with Gasteiger partial charge in [0.05, 0.1) is 16.2 Å². The van der Waals surface area contributed by atoms with Crippen LogP contribution in [-0.4, -0.2) is 19.9 Å². The predicted molar refractivity (Wildman–Crippen MR) is 106 cm³/mol. The van der Waals surface area contributed by atoms with E-state index in [9.17, 15) is 0 Å². The van der Waals surface area contributed by atoms with Crippen LogP contribution in [0.25, 0.3) is 11.3 Å². The number of anilines is 2. The highest BCUT2D eigenvalue weighted by Gasteiger charge is 2.12. The van der Waals surface area contributed by atoms with Gasteiger partial charge in [0.1, 0.15) is 20.6 Å². The van der Waals surface area contributed by atoms with Gasteiger partial charge in [-0.3, -0.25) is 0 Å². The molecule has 25 heavy (non-hydrogen) atoms. The van der Waals surface area contributed by atoms with E-state index in [0.29, 0.717) is 31.1 Å². The monoisotopic (exact) mass is 434 g/mol. The number of benzene rings is 1. The van der Waals surface area contributed by atoms with Gasteiger partial charge in [-0.05, 0) is 6.07 Å². The molecule has 1 aromatic carbocycles. The highest BCUT2D eigenvalue weighted by atomic mass is 35.5. The Morgan fingerprint density at radius 3 is 2.24 bits per heavy atom. The van der Waals surface area contributed by atoms with E-state index in [1.54, 1.807) is 18.2 Å². The van der Waals surface area contributed by atoms with Gasteiger partial charge in [-0.15, -0.1) is 0 Å². The Kier molecular flexibility index (Phi) is 6.80. The summed E-state index contributed by atoms with van der Waals surface area (Å²) in [4.78, 5) is 14.3. The third kappa shape index (κ3) is 5.17. The van der Waals surface area contributed by atoms with Gasteiger partial charge in [0.15, 0.2) is 11.6 Å². The largest absolute Gasteiger partial charge is 0.382 e. The average molecular weight is 436 g/mol. The van der Waals surface area contributed by atoms with Crippen molar-refractivity contribution < 1.29 is 0 Å². The number of rotatable bonds is 1. The number of aromatic amines is 1. The zero-order valence-corrected chi connectivity index (χ0v) is 16.1. The summed E-state index contributed by atoms with van der Waals surface area (Å²) in [6.45, 7) is 0. The molecule has 0 bridgehead atoms. The second-order valence-electron chi connectivity index (χ2n) is 4.47. The Balaban J connectivity index is 0.000000212. The van der Waals surface area contributed by atoms with Crippen molar-refractivity contribution in [3.8, 4) is 11.3 Å². The molecule has 0 unspecified atom stereocenters. The molecule has 2 heterocycles. The van der Waals surface area contributed by atoms with Crippen LogP contribution in [-0.2, 0) is 0 Å². The molecule has 0 saturated heterocycles. The summed E-state index contributed by atoms with van der Waals surface area (Å²) in [5.41, 5.74) is 12.1. The number of H-pyrrole nitrogens is 1. The number of hydrogen-bond donors (Lipinski definition) is 3. The van der Waals surface area contributed by atoms with Crippen LogP contribution in [0.1, 0.15) is 0 Å². The van der Waals surface area contributed by atoms with E-state index in [-0.39, 0.29) is 16.8 Å². The molecule has 6 nitrogen and oxygen atoms in total.